The van der Waals surface area contributed by atoms with Crippen molar-refractivity contribution in [3.8, 4) is 0 Å². The largest absolute Gasteiger partial charge is 0.229 e. The summed E-state index contributed by atoms with van der Waals surface area (Å²) < 4.78 is 22.3. The Balaban J connectivity index is 2.48. The van der Waals surface area contributed by atoms with Crippen LogP contribution in [-0.4, -0.2) is 19.9 Å². The lowest BCUT2D eigenvalue weighted by atomic mass is 10.0. The van der Waals surface area contributed by atoms with Gasteiger partial charge in [-0.15, -0.1) is 0 Å². The minimum absolute atomic E-state index is 0.414. The molecule has 0 amide bonds. The normalized spacial score (nSPS) is 27.4. The van der Waals surface area contributed by atoms with Crippen LogP contribution >= 0.6 is 0 Å². The van der Waals surface area contributed by atoms with E-state index in [1.807, 2.05) is 0 Å². The first-order valence-electron chi connectivity index (χ1n) is 4.30. The Morgan fingerprint density at radius 2 is 1.55 bits per heavy atom. The van der Waals surface area contributed by atoms with E-state index in [1.54, 1.807) is 0 Å². The van der Waals surface area contributed by atoms with Gasteiger partial charge in [0, 0.05) is 0 Å². The van der Waals surface area contributed by atoms with E-state index in [2.05, 4.69) is 6.92 Å². The number of rotatable bonds is 0. The van der Waals surface area contributed by atoms with Crippen molar-refractivity contribution in [1.29, 1.82) is 0 Å². The average molecular weight is 176 g/mol. The van der Waals surface area contributed by atoms with Gasteiger partial charge < -0.3 is 0 Å². The first-order chi connectivity index (χ1) is 5.10. The van der Waals surface area contributed by atoms with E-state index in [9.17, 15) is 8.42 Å². The number of hydrogen-bond acceptors (Lipinski definition) is 2. The summed E-state index contributed by atoms with van der Waals surface area (Å²) in [6.45, 7) is 2.21. The number of sulfone groups is 1. The molecule has 0 bridgehead atoms. The summed E-state index contributed by atoms with van der Waals surface area (Å²) in [6.07, 6.45) is 3.89. The molecule has 0 unspecified atom stereocenters. The van der Waals surface area contributed by atoms with Gasteiger partial charge in [-0.05, 0) is 31.6 Å². The molecule has 0 atom stereocenters. The fourth-order valence-corrected chi connectivity index (χ4v) is 2.97. The van der Waals surface area contributed by atoms with Crippen molar-refractivity contribution in [3.63, 3.8) is 0 Å². The van der Waals surface area contributed by atoms with Crippen LogP contribution < -0.4 is 0 Å². The van der Waals surface area contributed by atoms with Crippen LogP contribution in [0.15, 0.2) is 0 Å². The lowest BCUT2D eigenvalue weighted by Gasteiger charge is -2.14. The highest BCUT2D eigenvalue weighted by atomic mass is 32.2. The molecule has 0 aromatic rings. The predicted octanol–water partition coefficient (Wildman–Crippen LogP) is 1.61. The molecule has 1 rings (SSSR count). The molecule has 1 fully saturated rings. The second kappa shape index (κ2) is 3.57. The van der Waals surface area contributed by atoms with Gasteiger partial charge in [0.15, 0.2) is 0 Å². The summed E-state index contributed by atoms with van der Waals surface area (Å²) in [7, 11) is -2.67. The Morgan fingerprint density at radius 1 is 1.09 bits per heavy atom. The smallest absolute Gasteiger partial charge is 0.150 e. The maximum atomic E-state index is 11.1. The van der Waals surface area contributed by atoms with E-state index in [4.69, 9.17) is 0 Å². The molecule has 1 saturated heterocycles. The molecule has 66 valence electrons. The first kappa shape index (κ1) is 9.04. The van der Waals surface area contributed by atoms with Gasteiger partial charge in [-0.3, -0.25) is 0 Å². The Labute approximate surface area is 68.9 Å². The predicted molar refractivity (Wildman–Crippen MR) is 46.3 cm³/mol. The van der Waals surface area contributed by atoms with Crippen LogP contribution in [-0.2, 0) is 9.84 Å². The van der Waals surface area contributed by atoms with Crippen LogP contribution in [0.1, 0.15) is 32.6 Å². The van der Waals surface area contributed by atoms with Crippen molar-refractivity contribution >= 4 is 9.84 Å². The van der Waals surface area contributed by atoms with Gasteiger partial charge in [-0.1, -0.05) is 6.92 Å². The molecular weight excluding hydrogens is 160 g/mol. The third-order valence-electron chi connectivity index (χ3n) is 2.30. The van der Waals surface area contributed by atoms with E-state index < -0.39 is 9.84 Å². The van der Waals surface area contributed by atoms with Crippen molar-refractivity contribution < 1.29 is 8.42 Å². The molecule has 0 saturated carbocycles. The first-order valence-corrected chi connectivity index (χ1v) is 6.13. The summed E-state index contributed by atoms with van der Waals surface area (Å²) in [5.74, 6) is 1.56. The molecule has 0 aromatic heterocycles. The van der Waals surface area contributed by atoms with Crippen LogP contribution in [0.3, 0.4) is 0 Å². The van der Waals surface area contributed by atoms with Crippen LogP contribution in [0.5, 0.6) is 0 Å². The van der Waals surface area contributed by atoms with E-state index in [-0.39, 0.29) is 0 Å². The molecule has 2 nitrogen and oxygen atoms in total. The van der Waals surface area contributed by atoms with Gasteiger partial charge in [-0.25, -0.2) is 8.42 Å². The summed E-state index contributed by atoms with van der Waals surface area (Å²) in [5.41, 5.74) is 0. The van der Waals surface area contributed by atoms with Crippen LogP contribution in [0, 0.1) is 5.92 Å². The summed E-state index contributed by atoms with van der Waals surface area (Å²) >= 11 is 0. The molecule has 11 heavy (non-hydrogen) atoms. The Morgan fingerprint density at radius 3 is 2.00 bits per heavy atom. The van der Waals surface area contributed by atoms with E-state index in [0.717, 1.165) is 31.6 Å². The van der Waals surface area contributed by atoms with Gasteiger partial charge >= 0.3 is 0 Å². The summed E-state index contributed by atoms with van der Waals surface area (Å²) in [6, 6.07) is 0. The van der Waals surface area contributed by atoms with Crippen LogP contribution in [0.4, 0.5) is 0 Å². The standard InChI is InChI=1S/C8H16O2S/c1-8-4-2-6-11(9,10)7-3-5-8/h8H,2-7H2,1H3. The van der Waals surface area contributed by atoms with Crippen molar-refractivity contribution in [1.82, 2.24) is 0 Å². The lowest BCUT2D eigenvalue weighted by molar-refractivity contribution is 0.467. The molecule has 0 spiro atoms. The van der Waals surface area contributed by atoms with Crippen LogP contribution in [0.2, 0.25) is 0 Å². The van der Waals surface area contributed by atoms with Crippen molar-refractivity contribution in [2.75, 3.05) is 11.5 Å². The van der Waals surface area contributed by atoms with Crippen molar-refractivity contribution in [2.45, 2.75) is 32.6 Å². The highest BCUT2D eigenvalue weighted by Crippen LogP contribution is 2.17. The second-order valence-electron chi connectivity index (χ2n) is 3.54. The van der Waals surface area contributed by atoms with Crippen molar-refractivity contribution in [3.05, 3.63) is 0 Å². The van der Waals surface area contributed by atoms with Gasteiger partial charge in [-0.2, -0.15) is 0 Å². The van der Waals surface area contributed by atoms with Gasteiger partial charge in [0.2, 0.25) is 0 Å². The molecule has 0 N–H and O–H groups in total. The second-order valence-corrected chi connectivity index (χ2v) is 5.85. The molecular formula is C8H16O2S. The molecule has 1 aliphatic rings. The zero-order valence-electron chi connectivity index (χ0n) is 7.04. The summed E-state index contributed by atoms with van der Waals surface area (Å²) in [4.78, 5) is 0. The van der Waals surface area contributed by atoms with Gasteiger partial charge in [0.25, 0.3) is 0 Å². The fraction of sp³-hybridized carbons (Fsp3) is 1.00. The minimum Gasteiger partial charge on any atom is -0.229 e. The average Bonchev–Trinajstić information content (AvgIpc) is 1.83. The maximum Gasteiger partial charge on any atom is 0.150 e. The van der Waals surface area contributed by atoms with Gasteiger partial charge in [0.05, 0.1) is 11.5 Å². The van der Waals surface area contributed by atoms with E-state index >= 15 is 0 Å². The van der Waals surface area contributed by atoms with Gasteiger partial charge in [0.1, 0.15) is 9.84 Å². The monoisotopic (exact) mass is 176 g/mol. The molecule has 0 aromatic carbocycles. The molecule has 0 aliphatic carbocycles. The quantitative estimate of drug-likeness (QED) is 0.562. The number of hydrogen-bond donors (Lipinski definition) is 0. The molecule has 0 radical (unpaired) electrons. The SMILES string of the molecule is CC1CCCS(=O)(=O)CCC1. The minimum atomic E-state index is -2.67. The third kappa shape index (κ3) is 3.23. The lowest BCUT2D eigenvalue weighted by Crippen LogP contribution is -2.15. The van der Waals surface area contributed by atoms with E-state index in [0.29, 0.717) is 11.5 Å². The molecule has 1 aliphatic heterocycles. The van der Waals surface area contributed by atoms with E-state index in [1.165, 1.54) is 0 Å². The maximum absolute atomic E-state index is 11.1. The zero-order chi connectivity index (χ0) is 8.32. The Kier molecular flexibility index (Phi) is 2.93. The van der Waals surface area contributed by atoms with Crippen LogP contribution in [0.25, 0.3) is 0 Å². The fourth-order valence-electron chi connectivity index (χ4n) is 1.55. The highest BCUT2D eigenvalue weighted by Gasteiger charge is 2.15. The van der Waals surface area contributed by atoms with Crippen molar-refractivity contribution in [2.24, 2.45) is 5.92 Å². The Bertz CT molecular complexity index is 190. The molecule has 3 heteroatoms. The third-order valence-corrected chi connectivity index (χ3v) is 4.13. The molecule has 1 heterocycles. The summed E-state index contributed by atoms with van der Waals surface area (Å²) in [5, 5.41) is 0. The zero-order valence-corrected chi connectivity index (χ0v) is 7.86. The Hall–Kier alpha value is -0.0500. The highest BCUT2D eigenvalue weighted by molar-refractivity contribution is 7.91. The topological polar surface area (TPSA) is 34.1 Å².